The van der Waals surface area contributed by atoms with E-state index in [2.05, 4.69) is 26.1 Å². The number of carbonyl (C=O) groups excluding carboxylic acids is 4. The normalized spacial score (nSPS) is 21.2. The highest BCUT2D eigenvalue weighted by molar-refractivity contribution is 8.01. The third kappa shape index (κ3) is 5.44. The highest BCUT2D eigenvalue weighted by Crippen LogP contribution is 2.42. The van der Waals surface area contributed by atoms with Gasteiger partial charge in [-0.1, -0.05) is 53.4 Å². The molecule has 2 unspecified atom stereocenters. The molecule has 3 atom stereocenters. The van der Waals surface area contributed by atoms with Crippen LogP contribution in [0.15, 0.2) is 45.9 Å². The van der Waals surface area contributed by atoms with Crippen LogP contribution in [0.3, 0.4) is 0 Å². The van der Waals surface area contributed by atoms with Gasteiger partial charge in [-0.3, -0.25) is 14.5 Å². The Bertz CT molecular complexity index is 1370. The number of imide groups is 1. The SMILES string of the molecule is Cc1nnc(SCC2=C(C(=O)O)N3C(=O)C(NC(=O)C(NC(=O)N4CCNC4=O)c4ccccc4)[C@@H]3SC2)s1. The van der Waals surface area contributed by atoms with Crippen LogP contribution < -0.4 is 16.0 Å². The first kappa shape index (κ1) is 27.0. The number of urea groups is 2. The highest BCUT2D eigenvalue weighted by Gasteiger charge is 2.54. The summed E-state index contributed by atoms with van der Waals surface area (Å²) in [5.74, 6) is -1.73. The van der Waals surface area contributed by atoms with Crippen molar-refractivity contribution in [3.8, 4) is 0 Å². The Morgan fingerprint density at radius 2 is 2.00 bits per heavy atom. The minimum absolute atomic E-state index is 0.0871. The van der Waals surface area contributed by atoms with Crippen molar-refractivity contribution in [1.29, 1.82) is 0 Å². The van der Waals surface area contributed by atoms with Gasteiger partial charge in [0.1, 0.15) is 28.2 Å². The molecule has 3 aliphatic heterocycles. The van der Waals surface area contributed by atoms with E-state index >= 15 is 0 Å². The first-order valence-corrected chi connectivity index (χ1v) is 14.6. The van der Waals surface area contributed by atoms with E-state index in [1.165, 1.54) is 39.8 Å². The van der Waals surface area contributed by atoms with Crippen LogP contribution >= 0.6 is 34.9 Å². The van der Waals surface area contributed by atoms with Crippen molar-refractivity contribution in [1.82, 2.24) is 35.9 Å². The number of carboxylic acids is 1. The minimum atomic E-state index is -1.22. The van der Waals surface area contributed by atoms with E-state index in [1.807, 2.05) is 6.92 Å². The molecule has 3 aliphatic rings. The molecule has 204 valence electrons. The van der Waals surface area contributed by atoms with E-state index in [1.54, 1.807) is 30.3 Å². The summed E-state index contributed by atoms with van der Waals surface area (Å²) >= 11 is 4.11. The lowest BCUT2D eigenvalue weighted by Gasteiger charge is -2.49. The van der Waals surface area contributed by atoms with Crippen LogP contribution in [0.25, 0.3) is 0 Å². The van der Waals surface area contributed by atoms with Crippen molar-refractivity contribution in [3.05, 3.63) is 52.2 Å². The predicted molar refractivity (Wildman–Crippen MR) is 143 cm³/mol. The number of thioether (sulfide) groups is 2. The molecule has 2 aromatic rings. The number of aryl methyl sites for hydroxylation is 1. The number of fused-ring (bicyclic) bond motifs is 1. The van der Waals surface area contributed by atoms with Gasteiger partial charge in [0.25, 0.3) is 5.91 Å². The second-order valence-corrected chi connectivity index (χ2v) is 12.2. The minimum Gasteiger partial charge on any atom is -0.477 e. The first-order chi connectivity index (χ1) is 18.7. The Balaban J connectivity index is 1.30. The topological polar surface area (TPSA) is 174 Å². The summed E-state index contributed by atoms with van der Waals surface area (Å²) < 4.78 is 0.706. The highest BCUT2D eigenvalue weighted by atomic mass is 32.2. The van der Waals surface area contributed by atoms with Crippen LogP contribution in [-0.2, 0) is 14.4 Å². The van der Waals surface area contributed by atoms with Crippen molar-refractivity contribution in [2.75, 3.05) is 24.6 Å². The van der Waals surface area contributed by atoms with E-state index in [4.69, 9.17) is 0 Å². The Kier molecular flexibility index (Phi) is 7.76. The van der Waals surface area contributed by atoms with Gasteiger partial charge in [-0.15, -0.1) is 22.0 Å². The second kappa shape index (κ2) is 11.2. The molecule has 0 radical (unpaired) electrons. The Morgan fingerprint density at radius 3 is 2.64 bits per heavy atom. The average Bonchev–Trinajstić information content (AvgIpc) is 3.56. The molecule has 0 aliphatic carbocycles. The maximum atomic E-state index is 13.4. The van der Waals surface area contributed by atoms with Gasteiger partial charge in [-0.05, 0) is 18.1 Å². The lowest BCUT2D eigenvalue weighted by Crippen LogP contribution is -2.71. The summed E-state index contributed by atoms with van der Waals surface area (Å²) in [5.41, 5.74) is 0.953. The molecule has 0 spiro atoms. The number of aliphatic carboxylic acids is 1. The van der Waals surface area contributed by atoms with Gasteiger partial charge in [0, 0.05) is 24.6 Å². The summed E-state index contributed by atoms with van der Waals surface area (Å²) in [7, 11) is 0. The van der Waals surface area contributed by atoms with Gasteiger partial charge in [-0.2, -0.15) is 0 Å². The number of nitrogens with one attached hydrogen (secondary N) is 3. The maximum absolute atomic E-state index is 13.4. The van der Waals surface area contributed by atoms with Crippen LogP contribution in [0.5, 0.6) is 0 Å². The molecular formula is C23H23N7O6S3. The quantitative estimate of drug-likeness (QED) is 0.258. The van der Waals surface area contributed by atoms with Crippen LogP contribution in [0.4, 0.5) is 9.59 Å². The van der Waals surface area contributed by atoms with E-state index < -0.39 is 47.3 Å². The van der Waals surface area contributed by atoms with Crippen LogP contribution in [-0.4, -0.2) is 91.0 Å². The third-order valence-electron chi connectivity index (χ3n) is 6.19. The molecule has 6 amide bonds. The number of nitrogens with zero attached hydrogens (tertiary/aromatic N) is 4. The number of aromatic nitrogens is 2. The Labute approximate surface area is 234 Å². The number of benzene rings is 1. The molecule has 16 heteroatoms. The fourth-order valence-corrected chi connectivity index (χ4v) is 7.63. The van der Waals surface area contributed by atoms with Gasteiger partial charge in [0.05, 0.1) is 0 Å². The van der Waals surface area contributed by atoms with Gasteiger partial charge in [0.2, 0.25) is 5.91 Å². The zero-order valence-electron chi connectivity index (χ0n) is 20.4. The van der Waals surface area contributed by atoms with Gasteiger partial charge < -0.3 is 21.1 Å². The van der Waals surface area contributed by atoms with Gasteiger partial charge >= 0.3 is 18.0 Å². The molecule has 5 rings (SSSR count). The number of amides is 6. The maximum Gasteiger partial charge on any atom is 0.352 e. The van der Waals surface area contributed by atoms with Crippen LogP contribution in [0.1, 0.15) is 16.6 Å². The molecule has 1 aromatic heterocycles. The zero-order valence-corrected chi connectivity index (χ0v) is 22.9. The molecule has 0 saturated carbocycles. The summed E-state index contributed by atoms with van der Waals surface area (Å²) in [5, 5.41) is 25.9. The van der Waals surface area contributed by atoms with E-state index in [0.29, 0.717) is 33.5 Å². The van der Waals surface area contributed by atoms with Crippen molar-refractivity contribution < 1.29 is 29.1 Å². The summed E-state index contributed by atoms with van der Waals surface area (Å²) in [6, 6.07) is 4.98. The molecule has 0 bridgehead atoms. The molecule has 2 saturated heterocycles. The molecule has 1 aromatic carbocycles. The van der Waals surface area contributed by atoms with Gasteiger partial charge in [-0.25, -0.2) is 19.3 Å². The monoisotopic (exact) mass is 589 g/mol. The van der Waals surface area contributed by atoms with Crippen LogP contribution in [0, 0.1) is 6.92 Å². The summed E-state index contributed by atoms with van der Waals surface area (Å²) in [6.07, 6.45) is 0. The number of carbonyl (C=O) groups is 5. The fraction of sp³-hybridized carbons (Fsp3) is 0.348. The first-order valence-electron chi connectivity index (χ1n) is 11.8. The second-order valence-electron chi connectivity index (χ2n) is 8.71. The number of β-lactam (4-membered cyclic amide) rings is 1. The summed E-state index contributed by atoms with van der Waals surface area (Å²) in [4.78, 5) is 65.5. The van der Waals surface area contributed by atoms with Crippen LogP contribution in [0.2, 0.25) is 0 Å². The molecule has 39 heavy (non-hydrogen) atoms. The molecule has 2 fully saturated rings. The van der Waals surface area contributed by atoms with E-state index in [-0.39, 0.29) is 12.2 Å². The number of rotatable bonds is 8. The number of hydrogen-bond acceptors (Lipinski definition) is 10. The zero-order chi connectivity index (χ0) is 27.7. The smallest absolute Gasteiger partial charge is 0.352 e. The molecule has 4 N–H and O–H groups in total. The lowest BCUT2D eigenvalue weighted by atomic mass is 10.0. The van der Waals surface area contributed by atoms with Gasteiger partial charge in [0.15, 0.2) is 4.34 Å². The third-order valence-corrected chi connectivity index (χ3v) is 9.59. The number of carboxylic acid groups (broad SMARTS) is 1. The fourth-order valence-electron chi connectivity index (χ4n) is 4.33. The largest absolute Gasteiger partial charge is 0.477 e. The molecule has 4 heterocycles. The van der Waals surface area contributed by atoms with E-state index in [9.17, 15) is 29.1 Å². The molecule has 13 nitrogen and oxygen atoms in total. The summed E-state index contributed by atoms with van der Waals surface area (Å²) in [6.45, 7) is 2.29. The Hall–Kier alpha value is -3.63. The predicted octanol–water partition coefficient (Wildman–Crippen LogP) is 1.15. The standard InChI is InChI=1S/C23H23N7O6S3/c1-11-27-28-23(39-11)38-10-13-9-37-19-15(18(32)30(19)16(13)20(33)34)25-17(31)14(12-5-3-2-4-6-12)26-22(36)29-8-7-24-21(29)35/h2-6,14-15,19H,7-10H2,1H3,(H,24,35)(H,25,31)(H,26,36)(H,33,34)/t14?,15?,19-/m0/s1. The van der Waals surface area contributed by atoms with Crippen molar-refractivity contribution in [2.24, 2.45) is 0 Å². The lowest BCUT2D eigenvalue weighted by molar-refractivity contribution is -0.151. The Morgan fingerprint density at radius 1 is 1.23 bits per heavy atom. The average molecular weight is 590 g/mol. The van der Waals surface area contributed by atoms with Crippen molar-refractivity contribution in [2.45, 2.75) is 28.7 Å². The number of hydrogen-bond donors (Lipinski definition) is 4. The molecular weight excluding hydrogens is 566 g/mol. The van der Waals surface area contributed by atoms with E-state index in [0.717, 1.165) is 9.91 Å². The van der Waals surface area contributed by atoms with Crippen molar-refractivity contribution in [3.63, 3.8) is 0 Å². The van der Waals surface area contributed by atoms with Crippen molar-refractivity contribution >= 4 is 64.7 Å².